The fourth-order valence-electron chi connectivity index (χ4n) is 2.71. The first-order valence-electron chi connectivity index (χ1n) is 7.18. The fraction of sp³-hybridized carbons (Fsp3) is 0.444. The maximum atomic E-state index is 3.71. The third-order valence-corrected chi connectivity index (χ3v) is 8.64. The highest BCUT2D eigenvalue weighted by atomic mass is 79.9. The fourth-order valence-corrected chi connectivity index (χ4v) is 5.45. The lowest BCUT2D eigenvalue weighted by atomic mass is 9.94. The monoisotopic (exact) mass is 361 g/mol. The molecule has 0 spiro atoms. The Morgan fingerprint density at radius 2 is 1.71 bits per heavy atom. The van der Waals surface area contributed by atoms with Gasteiger partial charge in [-0.2, -0.15) is 0 Å². The predicted molar refractivity (Wildman–Crippen MR) is 102 cm³/mol. The van der Waals surface area contributed by atoms with Crippen molar-refractivity contribution in [2.24, 2.45) is 0 Å². The van der Waals surface area contributed by atoms with Crippen LogP contribution in [0.2, 0.25) is 0 Å². The number of benzene rings is 1. The van der Waals surface area contributed by atoms with E-state index in [-0.39, 0.29) is 21.5 Å². The second-order valence-electron chi connectivity index (χ2n) is 6.53. The molecule has 111 valence electrons. The van der Waals surface area contributed by atoms with Crippen molar-refractivity contribution < 1.29 is 0 Å². The summed E-state index contributed by atoms with van der Waals surface area (Å²) in [5, 5.41) is 0.540. The zero-order chi connectivity index (χ0) is 14.8. The van der Waals surface area contributed by atoms with E-state index in [9.17, 15) is 0 Å². The molecule has 21 heavy (non-hydrogen) atoms. The summed E-state index contributed by atoms with van der Waals surface area (Å²) in [6.45, 7) is 9.57. The summed E-state index contributed by atoms with van der Waals surface area (Å²) in [5.41, 5.74) is 1.40. The van der Waals surface area contributed by atoms with Crippen LogP contribution in [0.25, 0.3) is 0 Å². The van der Waals surface area contributed by atoms with E-state index in [2.05, 4.69) is 91.9 Å². The molecule has 0 bridgehead atoms. The smallest absolute Gasteiger partial charge is 0.0305 e. The first-order valence-corrected chi connectivity index (χ1v) is 9.76. The van der Waals surface area contributed by atoms with Gasteiger partial charge in [0.25, 0.3) is 0 Å². The van der Waals surface area contributed by atoms with Crippen LogP contribution in [0, 0.1) is 0 Å². The SMILES string of the molecule is CP(C(C)(C)C)C1(Cc2ccccc2Br)C=CCC=C1.[B]. The summed E-state index contributed by atoms with van der Waals surface area (Å²) in [4.78, 5) is 0. The summed E-state index contributed by atoms with van der Waals surface area (Å²) in [6, 6.07) is 8.62. The highest BCUT2D eigenvalue weighted by Crippen LogP contribution is 2.60. The van der Waals surface area contributed by atoms with Gasteiger partial charge in [-0.15, -0.1) is 0 Å². The molecule has 0 saturated carbocycles. The van der Waals surface area contributed by atoms with E-state index in [1.54, 1.807) is 0 Å². The van der Waals surface area contributed by atoms with E-state index in [0.717, 1.165) is 12.8 Å². The summed E-state index contributed by atoms with van der Waals surface area (Å²) in [5.74, 6) is 0. The Morgan fingerprint density at radius 1 is 1.14 bits per heavy atom. The summed E-state index contributed by atoms with van der Waals surface area (Å²) in [6.07, 6.45) is 11.8. The molecule has 3 heteroatoms. The van der Waals surface area contributed by atoms with Crippen LogP contribution in [0.5, 0.6) is 0 Å². The average Bonchev–Trinajstić information content (AvgIpc) is 2.41. The number of halogens is 1. The molecule has 1 aliphatic rings. The van der Waals surface area contributed by atoms with E-state index in [0.29, 0.717) is 5.16 Å². The van der Waals surface area contributed by atoms with Crippen LogP contribution in [0.3, 0.4) is 0 Å². The largest absolute Gasteiger partial charge is 0.0897 e. The third kappa shape index (κ3) is 4.33. The van der Waals surface area contributed by atoms with Gasteiger partial charge in [-0.05, 0) is 36.3 Å². The minimum atomic E-state index is -0.155. The van der Waals surface area contributed by atoms with E-state index in [1.165, 1.54) is 10.0 Å². The molecule has 1 aromatic carbocycles. The van der Waals surface area contributed by atoms with Gasteiger partial charge in [0.2, 0.25) is 0 Å². The van der Waals surface area contributed by atoms with Gasteiger partial charge in [0.15, 0.2) is 0 Å². The summed E-state index contributed by atoms with van der Waals surface area (Å²) < 4.78 is 1.23. The molecule has 1 atom stereocenters. The average molecular weight is 362 g/mol. The first kappa shape index (κ1) is 18.7. The van der Waals surface area contributed by atoms with Crippen molar-refractivity contribution in [3.8, 4) is 0 Å². The molecule has 0 nitrogen and oxygen atoms in total. The van der Waals surface area contributed by atoms with Gasteiger partial charge in [0.05, 0.1) is 0 Å². The minimum absolute atomic E-state index is 0. The molecular weight excluding hydrogens is 338 g/mol. The van der Waals surface area contributed by atoms with Gasteiger partial charge in [-0.1, -0.05) is 87.1 Å². The van der Waals surface area contributed by atoms with Gasteiger partial charge >= 0.3 is 0 Å². The molecular formula is C18H24BBrP. The van der Waals surface area contributed by atoms with Crippen molar-refractivity contribution in [3.05, 3.63) is 58.6 Å². The Bertz CT molecular complexity index is 516. The van der Waals surface area contributed by atoms with Crippen LogP contribution < -0.4 is 0 Å². The normalized spacial score (nSPS) is 18.1. The van der Waals surface area contributed by atoms with Gasteiger partial charge in [0, 0.05) is 18.0 Å². The van der Waals surface area contributed by atoms with Gasteiger partial charge in [0.1, 0.15) is 0 Å². The summed E-state index contributed by atoms with van der Waals surface area (Å²) in [7, 11) is -0.155. The molecule has 0 heterocycles. The Balaban J connectivity index is 0.00000220. The molecule has 1 aromatic rings. The lowest BCUT2D eigenvalue weighted by Gasteiger charge is -2.43. The van der Waals surface area contributed by atoms with Crippen LogP contribution in [-0.4, -0.2) is 25.4 Å². The molecule has 2 rings (SSSR count). The predicted octanol–water partition coefficient (Wildman–Crippen LogP) is 5.78. The Labute approximate surface area is 141 Å². The zero-order valence-electron chi connectivity index (χ0n) is 13.4. The molecule has 3 radical (unpaired) electrons. The minimum Gasteiger partial charge on any atom is -0.0897 e. The van der Waals surface area contributed by atoms with E-state index >= 15 is 0 Å². The molecule has 1 unspecified atom stereocenters. The molecule has 0 amide bonds. The van der Waals surface area contributed by atoms with Crippen molar-refractivity contribution in [2.75, 3.05) is 6.66 Å². The van der Waals surface area contributed by atoms with Gasteiger partial charge in [-0.25, -0.2) is 0 Å². The number of hydrogen-bond acceptors (Lipinski definition) is 0. The highest BCUT2D eigenvalue weighted by molar-refractivity contribution is 9.10. The Hall–Kier alpha value is -0.325. The lowest BCUT2D eigenvalue weighted by molar-refractivity contribution is 0.734. The molecule has 0 saturated heterocycles. The Morgan fingerprint density at radius 3 is 2.24 bits per heavy atom. The second kappa shape index (κ2) is 7.29. The van der Waals surface area contributed by atoms with Crippen LogP contribution in [0.1, 0.15) is 32.8 Å². The van der Waals surface area contributed by atoms with E-state index < -0.39 is 0 Å². The molecule has 0 aromatic heterocycles. The van der Waals surface area contributed by atoms with E-state index in [1.807, 2.05) is 0 Å². The maximum Gasteiger partial charge on any atom is 0.0305 e. The topological polar surface area (TPSA) is 0 Å². The summed E-state index contributed by atoms with van der Waals surface area (Å²) >= 11 is 3.71. The van der Waals surface area contributed by atoms with Crippen molar-refractivity contribution in [1.29, 1.82) is 0 Å². The molecule has 0 aliphatic heterocycles. The van der Waals surface area contributed by atoms with Crippen molar-refractivity contribution in [3.63, 3.8) is 0 Å². The first-order chi connectivity index (χ1) is 9.35. The number of allylic oxidation sites excluding steroid dienone is 4. The number of hydrogen-bond donors (Lipinski definition) is 0. The molecule has 1 aliphatic carbocycles. The second-order valence-corrected chi connectivity index (χ2v) is 10.7. The van der Waals surface area contributed by atoms with E-state index in [4.69, 9.17) is 0 Å². The quantitative estimate of drug-likeness (QED) is 0.364. The van der Waals surface area contributed by atoms with Crippen LogP contribution in [-0.2, 0) is 6.42 Å². The number of rotatable bonds is 3. The lowest BCUT2D eigenvalue weighted by Crippen LogP contribution is -2.32. The van der Waals surface area contributed by atoms with Crippen LogP contribution in [0.15, 0.2) is 53.0 Å². The van der Waals surface area contributed by atoms with Crippen molar-refractivity contribution in [2.45, 2.75) is 43.9 Å². The molecule has 0 N–H and O–H groups in total. The van der Waals surface area contributed by atoms with Crippen molar-refractivity contribution >= 4 is 32.3 Å². The zero-order valence-corrected chi connectivity index (χ0v) is 15.9. The van der Waals surface area contributed by atoms with Gasteiger partial charge < -0.3 is 0 Å². The standard InChI is InChI=1S/C18H24BrP.B/c1-17(2,3)20(4)18(12-8-5-9-13-18)14-15-10-6-7-11-16(15)19;/h6-13H,5,14H2,1-4H3;. The van der Waals surface area contributed by atoms with Crippen LogP contribution in [0.4, 0.5) is 0 Å². The highest BCUT2D eigenvalue weighted by Gasteiger charge is 2.38. The van der Waals surface area contributed by atoms with Gasteiger partial charge in [-0.3, -0.25) is 0 Å². The van der Waals surface area contributed by atoms with Crippen molar-refractivity contribution in [1.82, 2.24) is 0 Å². The third-order valence-electron chi connectivity index (χ3n) is 4.15. The Kier molecular flexibility index (Phi) is 6.50. The molecule has 0 fully saturated rings. The maximum absolute atomic E-state index is 3.71. The van der Waals surface area contributed by atoms with Crippen LogP contribution >= 0.6 is 23.9 Å².